The highest BCUT2D eigenvalue weighted by Crippen LogP contribution is 2.15. The van der Waals surface area contributed by atoms with Crippen molar-refractivity contribution in [1.29, 1.82) is 0 Å². The van der Waals surface area contributed by atoms with Gasteiger partial charge in [0.05, 0.1) is 7.11 Å². The van der Waals surface area contributed by atoms with Crippen molar-refractivity contribution in [1.82, 2.24) is 9.97 Å². The number of rotatable bonds is 1. The summed E-state index contributed by atoms with van der Waals surface area (Å²) in [6.07, 6.45) is 1.16. The zero-order valence-electron chi connectivity index (χ0n) is 8.16. The molecule has 0 atom stereocenters. The van der Waals surface area contributed by atoms with Gasteiger partial charge in [-0.3, -0.25) is 4.79 Å². The van der Waals surface area contributed by atoms with Crippen molar-refractivity contribution in [3.05, 3.63) is 28.0 Å². The number of aromatic nitrogens is 2. The fourth-order valence-electron chi connectivity index (χ4n) is 1.32. The van der Waals surface area contributed by atoms with Gasteiger partial charge in [0.15, 0.2) is 0 Å². The second-order valence-corrected chi connectivity index (χ2v) is 2.97. The van der Waals surface area contributed by atoms with Crippen LogP contribution in [0.3, 0.4) is 0 Å². The van der Waals surface area contributed by atoms with Gasteiger partial charge < -0.3 is 14.1 Å². The minimum Gasteiger partial charge on any atom is -0.465 e. The van der Waals surface area contributed by atoms with Crippen molar-refractivity contribution < 1.29 is 13.9 Å². The summed E-state index contributed by atoms with van der Waals surface area (Å²) in [4.78, 5) is 29.2. The number of hydrogen-bond donors (Lipinski definition) is 1. The maximum absolute atomic E-state index is 11.5. The number of nitrogens with one attached hydrogen (secondary N) is 1. The van der Waals surface area contributed by atoms with Crippen LogP contribution >= 0.6 is 0 Å². The molecule has 0 fully saturated rings. The Balaban J connectivity index is 2.80. The van der Waals surface area contributed by atoms with Gasteiger partial charge in [-0.05, 0) is 6.92 Å². The topological polar surface area (TPSA) is 85.2 Å². The van der Waals surface area contributed by atoms with E-state index < -0.39 is 11.5 Å². The van der Waals surface area contributed by atoms with E-state index in [0.717, 1.165) is 6.26 Å². The van der Waals surface area contributed by atoms with Gasteiger partial charge >= 0.3 is 5.97 Å². The standard InChI is InChI=1S/C9H8N2O4/c1-4-10-7(12)6-5(9(13)14-2)3-15-8(6)11-4/h3H,1-2H3,(H,10,11,12). The number of carbonyl (C=O) groups is 1. The molecule has 0 aliphatic carbocycles. The minimum absolute atomic E-state index is 0.0845. The Bertz CT molecular complexity index is 581. The average molecular weight is 208 g/mol. The number of furan rings is 1. The third-order valence-electron chi connectivity index (χ3n) is 1.97. The van der Waals surface area contributed by atoms with E-state index >= 15 is 0 Å². The van der Waals surface area contributed by atoms with Crippen LogP contribution in [0.2, 0.25) is 0 Å². The van der Waals surface area contributed by atoms with Crippen molar-refractivity contribution in [2.24, 2.45) is 0 Å². The first-order valence-electron chi connectivity index (χ1n) is 4.20. The number of carbonyl (C=O) groups excluding carboxylic acids is 1. The molecule has 0 aliphatic heterocycles. The van der Waals surface area contributed by atoms with Gasteiger partial charge in [-0.15, -0.1) is 0 Å². The normalized spacial score (nSPS) is 10.5. The number of esters is 1. The predicted octanol–water partition coefficient (Wildman–Crippen LogP) is 0.611. The van der Waals surface area contributed by atoms with Crippen LogP contribution in [-0.4, -0.2) is 23.0 Å². The molecular formula is C9H8N2O4. The molecule has 0 spiro atoms. The maximum atomic E-state index is 11.5. The summed E-state index contributed by atoms with van der Waals surface area (Å²) in [5.74, 6) is -0.192. The Morgan fingerprint density at radius 1 is 1.60 bits per heavy atom. The average Bonchev–Trinajstić information content (AvgIpc) is 2.60. The molecule has 1 N–H and O–H groups in total. The van der Waals surface area contributed by atoms with Crippen LogP contribution in [0.1, 0.15) is 16.2 Å². The highest BCUT2D eigenvalue weighted by atomic mass is 16.5. The lowest BCUT2D eigenvalue weighted by Crippen LogP contribution is -2.12. The molecule has 0 amide bonds. The number of nitrogens with zero attached hydrogens (tertiary/aromatic N) is 1. The fourth-order valence-corrected chi connectivity index (χ4v) is 1.32. The molecule has 0 aromatic carbocycles. The second kappa shape index (κ2) is 3.23. The van der Waals surface area contributed by atoms with Gasteiger partial charge in [0.1, 0.15) is 23.0 Å². The number of aromatic amines is 1. The molecule has 2 aromatic rings. The van der Waals surface area contributed by atoms with Crippen LogP contribution in [-0.2, 0) is 4.74 Å². The SMILES string of the molecule is COC(=O)c1coc2nc(C)[nH]c(=O)c12. The molecule has 6 heteroatoms. The Kier molecular flexibility index (Phi) is 2.03. The van der Waals surface area contributed by atoms with Crippen molar-refractivity contribution in [3.8, 4) is 0 Å². The molecular weight excluding hydrogens is 200 g/mol. The van der Waals surface area contributed by atoms with Crippen LogP contribution in [0.5, 0.6) is 0 Å². The Hall–Kier alpha value is -2.11. The predicted molar refractivity (Wildman–Crippen MR) is 50.7 cm³/mol. The summed E-state index contributed by atoms with van der Waals surface area (Å²) in [6, 6.07) is 0. The summed E-state index contributed by atoms with van der Waals surface area (Å²) >= 11 is 0. The summed E-state index contributed by atoms with van der Waals surface area (Å²) in [7, 11) is 1.23. The third-order valence-corrected chi connectivity index (χ3v) is 1.97. The number of hydrogen-bond acceptors (Lipinski definition) is 5. The van der Waals surface area contributed by atoms with Crippen molar-refractivity contribution in [2.45, 2.75) is 6.92 Å². The van der Waals surface area contributed by atoms with Gasteiger partial charge in [0.25, 0.3) is 5.56 Å². The summed E-state index contributed by atoms with van der Waals surface area (Å²) in [5.41, 5.74) is -0.190. The van der Waals surface area contributed by atoms with Gasteiger partial charge in [-0.25, -0.2) is 4.79 Å². The van der Waals surface area contributed by atoms with E-state index in [4.69, 9.17) is 4.42 Å². The van der Waals surface area contributed by atoms with Crippen LogP contribution in [0, 0.1) is 6.92 Å². The van der Waals surface area contributed by atoms with Crippen molar-refractivity contribution >= 4 is 17.1 Å². The lowest BCUT2D eigenvalue weighted by Gasteiger charge is -1.94. The van der Waals surface area contributed by atoms with Crippen LogP contribution in [0.25, 0.3) is 11.1 Å². The molecule has 0 saturated carbocycles. The molecule has 78 valence electrons. The highest BCUT2D eigenvalue weighted by Gasteiger charge is 2.18. The number of fused-ring (bicyclic) bond motifs is 1. The maximum Gasteiger partial charge on any atom is 0.342 e. The first kappa shape index (κ1) is 9.45. The number of H-pyrrole nitrogens is 1. The summed E-state index contributed by atoms with van der Waals surface area (Å²) in [6.45, 7) is 1.63. The van der Waals surface area contributed by atoms with Gasteiger partial charge in [0.2, 0.25) is 5.71 Å². The molecule has 6 nitrogen and oxygen atoms in total. The van der Waals surface area contributed by atoms with E-state index in [-0.39, 0.29) is 16.7 Å². The van der Waals surface area contributed by atoms with Gasteiger partial charge in [-0.2, -0.15) is 4.98 Å². The molecule has 2 rings (SSSR count). The van der Waals surface area contributed by atoms with E-state index in [2.05, 4.69) is 14.7 Å². The van der Waals surface area contributed by atoms with E-state index in [1.165, 1.54) is 7.11 Å². The quantitative estimate of drug-likeness (QED) is 0.694. The number of methoxy groups -OCH3 is 1. The molecule has 15 heavy (non-hydrogen) atoms. The lowest BCUT2D eigenvalue weighted by atomic mass is 10.2. The van der Waals surface area contributed by atoms with Gasteiger partial charge in [0, 0.05) is 0 Å². The second-order valence-electron chi connectivity index (χ2n) is 2.97. The van der Waals surface area contributed by atoms with E-state index in [1.54, 1.807) is 6.92 Å². The summed E-state index contributed by atoms with van der Waals surface area (Å²) < 4.78 is 9.51. The van der Waals surface area contributed by atoms with E-state index in [9.17, 15) is 9.59 Å². The fraction of sp³-hybridized carbons (Fsp3) is 0.222. The molecule has 0 aliphatic rings. The largest absolute Gasteiger partial charge is 0.465 e. The van der Waals surface area contributed by atoms with E-state index in [1.807, 2.05) is 0 Å². The van der Waals surface area contributed by atoms with Crippen LogP contribution in [0.4, 0.5) is 0 Å². The number of aryl methyl sites for hydroxylation is 1. The third kappa shape index (κ3) is 1.39. The highest BCUT2D eigenvalue weighted by molar-refractivity contribution is 6.01. The molecule has 2 heterocycles. The molecule has 0 bridgehead atoms. The zero-order chi connectivity index (χ0) is 11.0. The molecule has 0 unspecified atom stereocenters. The minimum atomic E-state index is -0.620. The van der Waals surface area contributed by atoms with Crippen LogP contribution < -0.4 is 5.56 Å². The smallest absolute Gasteiger partial charge is 0.342 e. The van der Waals surface area contributed by atoms with Gasteiger partial charge in [-0.1, -0.05) is 0 Å². The van der Waals surface area contributed by atoms with Crippen molar-refractivity contribution in [2.75, 3.05) is 7.11 Å². The Morgan fingerprint density at radius 3 is 3.00 bits per heavy atom. The number of ether oxygens (including phenoxy) is 1. The molecule has 2 aromatic heterocycles. The summed E-state index contributed by atoms with van der Waals surface area (Å²) in [5, 5.41) is 0.118. The van der Waals surface area contributed by atoms with Crippen LogP contribution in [0.15, 0.2) is 15.5 Å². The van der Waals surface area contributed by atoms with E-state index in [0.29, 0.717) is 5.82 Å². The monoisotopic (exact) mass is 208 g/mol. The first-order chi connectivity index (χ1) is 7.13. The zero-order valence-corrected chi connectivity index (χ0v) is 8.16. The Labute approximate surface area is 83.9 Å². The van der Waals surface area contributed by atoms with Crippen molar-refractivity contribution in [3.63, 3.8) is 0 Å². The lowest BCUT2D eigenvalue weighted by molar-refractivity contribution is 0.0602. The first-order valence-corrected chi connectivity index (χ1v) is 4.20. The Morgan fingerprint density at radius 2 is 2.33 bits per heavy atom. The molecule has 0 saturated heterocycles. The molecule has 0 radical (unpaired) electrons.